The first kappa shape index (κ1) is 51.2. The third-order valence-electron chi connectivity index (χ3n) is 13.6. The largest absolute Gasteiger partial charge is 0.459 e. The van der Waals surface area contributed by atoms with E-state index in [1.807, 2.05) is 19.4 Å². The molecule has 1 aromatic heterocycles. The van der Waals surface area contributed by atoms with Gasteiger partial charge < -0.3 is 69.3 Å². The molecular weight excluding hydrogens is 799 g/mol. The van der Waals surface area contributed by atoms with Crippen LogP contribution in [0.15, 0.2) is 11.6 Å². The lowest BCUT2D eigenvalue weighted by Gasteiger charge is -2.49. The molecule has 60 heavy (non-hydrogen) atoms. The van der Waals surface area contributed by atoms with Gasteiger partial charge in [-0.15, -0.1) is 11.3 Å². The number of hydrogen-bond acceptors (Lipinski definition) is 17. The Bertz CT molecular complexity index is 1460. The predicted molar refractivity (Wildman–Crippen MR) is 225 cm³/mol. The molecule has 1 unspecified atom stereocenters. The van der Waals surface area contributed by atoms with Crippen LogP contribution in [0.25, 0.3) is 0 Å². The molecule has 0 amide bonds. The Hall–Kier alpha value is -1.42. The molecule has 3 aliphatic heterocycles. The van der Waals surface area contributed by atoms with Gasteiger partial charge in [0.05, 0.1) is 53.7 Å². The summed E-state index contributed by atoms with van der Waals surface area (Å²) in [5, 5.41) is 76.8. The van der Waals surface area contributed by atoms with Crippen LogP contribution in [-0.4, -0.2) is 164 Å². The fourth-order valence-electron chi connectivity index (χ4n) is 9.67. The summed E-state index contributed by atoms with van der Waals surface area (Å²) in [6, 6.07) is -0.352. The number of rotatable bonds is 13. The normalized spacial score (nSPS) is 45.3. The van der Waals surface area contributed by atoms with Crippen LogP contribution in [0, 0.1) is 23.7 Å². The van der Waals surface area contributed by atoms with Crippen molar-refractivity contribution in [1.29, 1.82) is 0 Å². The van der Waals surface area contributed by atoms with Crippen LogP contribution < -0.4 is 5.32 Å². The van der Waals surface area contributed by atoms with Crippen molar-refractivity contribution in [3.8, 4) is 0 Å². The molecule has 19 atom stereocenters. The van der Waals surface area contributed by atoms with Crippen molar-refractivity contribution < 1.29 is 63.9 Å². The Labute approximate surface area is 361 Å². The van der Waals surface area contributed by atoms with Gasteiger partial charge in [0.2, 0.25) is 0 Å². The molecule has 348 valence electrons. The van der Waals surface area contributed by atoms with E-state index in [-0.39, 0.29) is 31.4 Å². The zero-order chi connectivity index (χ0) is 44.9. The van der Waals surface area contributed by atoms with E-state index in [0.717, 1.165) is 18.0 Å². The third-order valence-corrected chi connectivity index (χ3v) is 14.4. The van der Waals surface area contributed by atoms with Gasteiger partial charge in [0.25, 0.3) is 0 Å². The summed E-state index contributed by atoms with van der Waals surface area (Å²) < 4.78 is 37.7. The number of carbonyl (C=O) groups is 1. The van der Waals surface area contributed by atoms with E-state index < -0.39 is 108 Å². The number of aromatic nitrogens is 1. The number of ether oxygens (including phenoxy) is 6. The highest BCUT2D eigenvalue weighted by Gasteiger charge is 2.53. The fourth-order valence-corrected chi connectivity index (χ4v) is 10.3. The van der Waals surface area contributed by atoms with Crippen LogP contribution in [0.2, 0.25) is 0 Å². The Balaban J connectivity index is 1.70. The second kappa shape index (κ2) is 21.5. The van der Waals surface area contributed by atoms with E-state index >= 15 is 0 Å². The molecule has 3 aliphatic rings. The molecule has 4 heterocycles. The monoisotopic (exact) mass is 876 g/mol. The molecule has 3 saturated heterocycles. The summed E-state index contributed by atoms with van der Waals surface area (Å²) in [5.41, 5.74) is -4.77. The van der Waals surface area contributed by atoms with E-state index in [9.17, 15) is 35.4 Å². The van der Waals surface area contributed by atoms with Crippen molar-refractivity contribution in [3.63, 3.8) is 0 Å². The number of esters is 1. The van der Waals surface area contributed by atoms with Crippen LogP contribution in [0.5, 0.6) is 0 Å². The molecule has 7 N–H and O–H groups in total. The van der Waals surface area contributed by atoms with Gasteiger partial charge in [0.1, 0.15) is 28.9 Å². The van der Waals surface area contributed by atoms with Crippen LogP contribution in [0.4, 0.5) is 0 Å². The van der Waals surface area contributed by atoms with Gasteiger partial charge in [-0.1, -0.05) is 27.7 Å². The summed E-state index contributed by atoms with van der Waals surface area (Å²) in [6.07, 6.45) is -8.17. The van der Waals surface area contributed by atoms with Gasteiger partial charge in [0, 0.05) is 49.5 Å². The SMILES string of the molecule is CC[C@H]1OC(=O)[C@H](C)[C@@H](O[C@H]2C[C@@](C)(OC)[C@@H](O)[C@H](C)O2)[C@H](C)[C@@H](O[C@@H]2O[C@H](C)C[C@H](N(C)CCCNCc3nccs3)[C@H]2O)C(C)(O)C[C@@H](C)[C@H](O)[C@H](C)[C@@H](O)[C@]1(C)O. The number of nitrogens with zero attached hydrogens (tertiary/aromatic N) is 2. The highest BCUT2D eigenvalue weighted by Crippen LogP contribution is 2.41. The lowest BCUT2D eigenvalue weighted by molar-refractivity contribution is -0.318. The van der Waals surface area contributed by atoms with Crippen molar-refractivity contribution in [2.45, 2.75) is 198 Å². The van der Waals surface area contributed by atoms with E-state index in [0.29, 0.717) is 19.5 Å². The quantitative estimate of drug-likeness (QED) is 0.112. The minimum atomic E-state index is -1.95. The summed E-state index contributed by atoms with van der Waals surface area (Å²) in [5.74, 6) is -4.19. The molecule has 16 nitrogen and oxygen atoms in total. The van der Waals surface area contributed by atoms with Crippen molar-refractivity contribution in [2.75, 3.05) is 27.2 Å². The number of nitrogens with one attached hydrogen (secondary N) is 1. The standard InChI is InChI=1S/C43H77N3O13S/c1-13-30-43(10,53)36(49)25(4)33(47)23(2)20-41(8,52)38(26(5)35(27(6)39(51)57-30)58-32-21-42(9,54-12)37(50)28(7)56-32)59-40-34(48)29(19-24(3)55-40)46(11)17-14-15-44-22-31-45-16-18-60-31/h16,18,23-30,32-38,40,44,47-50,52-53H,13-15,17,19-22H2,1-12H3/t23-,24-,25+,26+,27-,28+,29+,30-,32+,33+,34-,35+,36-,37+,38-,40+,41?,42-,43-/m1/s1. The van der Waals surface area contributed by atoms with Crippen LogP contribution in [-0.2, 0) is 39.8 Å². The Morgan fingerprint density at radius 3 is 2.27 bits per heavy atom. The maximum atomic E-state index is 14.3. The van der Waals surface area contributed by atoms with Crippen molar-refractivity contribution in [1.82, 2.24) is 15.2 Å². The number of aliphatic hydroxyl groups excluding tert-OH is 4. The minimum Gasteiger partial charge on any atom is -0.459 e. The second-order valence-corrected chi connectivity index (χ2v) is 19.7. The molecule has 0 aliphatic carbocycles. The second-order valence-electron chi connectivity index (χ2n) is 18.7. The number of thiazole rings is 1. The molecule has 17 heteroatoms. The van der Waals surface area contributed by atoms with E-state index in [1.165, 1.54) is 14.0 Å². The highest BCUT2D eigenvalue weighted by atomic mass is 32.1. The average Bonchev–Trinajstić information content (AvgIpc) is 3.72. The van der Waals surface area contributed by atoms with Gasteiger partial charge in [-0.2, -0.15) is 0 Å². The van der Waals surface area contributed by atoms with Crippen molar-refractivity contribution >= 4 is 17.3 Å². The molecule has 3 fully saturated rings. The van der Waals surface area contributed by atoms with Crippen molar-refractivity contribution in [2.24, 2.45) is 23.7 Å². The maximum absolute atomic E-state index is 14.3. The van der Waals surface area contributed by atoms with E-state index in [1.54, 1.807) is 72.9 Å². The van der Waals surface area contributed by atoms with E-state index in [4.69, 9.17) is 28.4 Å². The number of carbonyl (C=O) groups excluding carboxylic acids is 1. The first-order valence-corrected chi connectivity index (χ1v) is 22.7. The van der Waals surface area contributed by atoms with Crippen LogP contribution in [0.3, 0.4) is 0 Å². The average molecular weight is 876 g/mol. The van der Waals surface area contributed by atoms with Crippen LogP contribution in [0.1, 0.15) is 106 Å². The zero-order valence-electron chi connectivity index (χ0n) is 37.9. The Kier molecular flexibility index (Phi) is 18.4. The molecule has 0 radical (unpaired) electrons. The van der Waals surface area contributed by atoms with Gasteiger partial charge in [-0.05, 0) is 93.3 Å². The highest BCUT2D eigenvalue weighted by molar-refractivity contribution is 7.09. The molecule has 4 rings (SSSR count). The first-order valence-electron chi connectivity index (χ1n) is 21.8. The number of methoxy groups -OCH3 is 1. The molecular formula is C43H77N3O13S. The molecule has 0 aromatic carbocycles. The summed E-state index contributed by atoms with van der Waals surface area (Å²) in [4.78, 5) is 20.7. The Morgan fingerprint density at radius 1 is 0.967 bits per heavy atom. The van der Waals surface area contributed by atoms with E-state index in [2.05, 4.69) is 15.2 Å². The summed E-state index contributed by atoms with van der Waals surface area (Å²) in [7, 11) is 3.45. The number of hydrogen-bond donors (Lipinski definition) is 7. The lowest BCUT2D eigenvalue weighted by atomic mass is 9.73. The van der Waals surface area contributed by atoms with Gasteiger partial charge in [-0.3, -0.25) is 4.79 Å². The topological polar surface area (TPSA) is 222 Å². The van der Waals surface area contributed by atoms with Crippen molar-refractivity contribution in [3.05, 3.63) is 16.6 Å². The van der Waals surface area contributed by atoms with Gasteiger partial charge in [0.15, 0.2) is 12.6 Å². The Morgan fingerprint density at radius 2 is 1.65 bits per heavy atom. The van der Waals surface area contributed by atoms with Gasteiger partial charge >= 0.3 is 5.97 Å². The van der Waals surface area contributed by atoms with Crippen LogP contribution >= 0.6 is 11.3 Å². The van der Waals surface area contributed by atoms with Gasteiger partial charge in [-0.25, -0.2) is 4.98 Å². The predicted octanol–water partition coefficient (Wildman–Crippen LogP) is 2.58. The summed E-state index contributed by atoms with van der Waals surface area (Å²) >= 11 is 1.60. The minimum absolute atomic E-state index is 0.0499. The fraction of sp³-hybridized carbons (Fsp3) is 0.907. The number of cyclic esters (lactones) is 1. The number of aliphatic hydroxyl groups is 6. The molecule has 0 saturated carbocycles. The summed E-state index contributed by atoms with van der Waals surface area (Å²) in [6.45, 7) is 18.9. The lowest BCUT2D eigenvalue weighted by Crippen LogP contribution is -2.61. The molecule has 0 spiro atoms. The molecule has 0 bridgehead atoms. The maximum Gasteiger partial charge on any atom is 0.311 e. The molecule has 1 aromatic rings. The zero-order valence-corrected chi connectivity index (χ0v) is 38.7. The number of likely N-dealkylation sites (N-methyl/N-ethyl adjacent to an activating group) is 1. The smallest absolute Gasteiger partial charge is 0.311 e. The first-order chi connectivity index (χ1) is 28.0. The third kappa shape index (κ3) is 12.0.